The zero-order valence-corrected chi connectivity index (χ0v) is 15.5. The molecule has 0 radical (unpaired) electrons. The third-order valence-electron chi connectivity index (χ3n) is 4.43. The topological polar surface area (TPSA) is 53.0 Å². The minimum absolute atomic E-state index is 0.213. The Morgan fingerprint density at radius 3 is 2.36 bits per heavy atom. The van der Waals surface area contributed by atoms with E-state index in [4.69, 9.17) is 21.4 Å². The van der Waals surface area contributed by atoms with Crippen LogP contribution in [-0.4, -0.2) is 47.2 Å². The lowest BCUT2D eigenvalue weighted by molar-refractivity contribution is -0.137. The van der Waals surface area contributed by atoms with Crippen molar-refractivity contribution in [1.29, 1.82) is 0 Å². The SMILES string of the molecule is O=C(O)N1CCN(Cc2cccc(Oc3ccc(C(F)(F)F)c(Cl)c3)c2)CC1. The van der Waals surface area contributed by atoms with Gasteiger partial charge in [-0.15, -0.1) is 0 Å². The van der Waals surface area contributed by atoms with E-state index in [0.717, 1.165) is 17.7 Å². The molecule has 1 aliphatic rings. The van der Waals surface area contributed by atoms with E-state index in [1.165, 1.54) is 11.0 Å². The molecule has 0 spiro atoms. The Morgan fingerprint density at radius 1 is 1.07 bits per heavy atom. The predicted molar refractivity (Wildman–Crippen MR) is 97.8 cm³/mol. The lowest BCUT2D eigenvalue weighted by atomic mass is 10.2. The predicted octanol–water partition coefficient (Wildman–Crippen LogP) is 4.95. The molecule has 1 N–H and O–H groups in total. The van der Waals surface area contributed by atoms with Crippen molar-refractivity contribution in [3.63, 3.8) is 0 Å². The van der Waals surface area contributed by atoms with Crippen LogP contribution in [-0.2, 0) is 12.7 Å². The normalized spacial score (nSPS) is 15.5. The van der Waals surface area contributed by atoms with Gasteiger partial charge in [0, 0.05) is 38.8 Å². The molecule has 0 atom stereocenters. The van der Waals surface area contributed by atoms with E-state index in [1.807, 2.05) is 6.07 Å². The highest BCUT2D eigenvalue weighted by Crippen LogP contribution is 2.37. The highest BCUT2D eigenvalue weighted by molar-refractivity contribution is 6.31. The summed E-state index contributed by atoms with van der Waals surface area (Å²) in [5.41, 5.74) is 0.0510. The highest BCUT2D eigenvalue weighted by Gasteiger charge is 2.33. The van der Waals surface area contributed by atoms with Crippen LogP contribution in [0.4, 0.5) is 18.0 Å². The molecule has 9 heteroatoms. The molecular formula is C19H18ClF3N2O3. The summed E-state index contributed by atoms with van der Waals surface area (Å²) >= 11 is 5.72. The summed E-state index contributed by atoms with van der Waals surface area (Å²) in [4.78, 5) is 14.5. The molecule has 0 saturated carbocycles. The molecule has 2 aromatic carbocycles. The summed E-state index contributed by atoms with van der Waals surface area (Å²) < 4.78 is 44.0. The van der Waals surface area contributed by atoms with Crippen LogP contribution in [0.1, 0.15) is 11.1 Å². The molecule has 3 rings (SSSR count). The van der Waals surface area contributed by atoms with Crippen molar-refractivity contribution in [1.82, 2.24) is 9.80 Å². The van der Waals surface area contributed by atoms with Crippen molar-refractivity contribution in [2.24, 2.45) is 0 Å². The Kier molecular flexibility index (Phi) is 6.00. The van der Waals surface area contributed by atoms with Gasteiger partial charge in [0.2, 0.25) is 0 Å². The molecule has 1 saturated heterocycles. The van der Waals surface area contributed by atoms with Crippen LogP contribution in [0, 0.1) is 0 Å². The third kappa shape index (κ3) is 5.08. The van der Waals surface area contributed by atoms with E-state index in [9.17, 15) is 18.0 Å². The lowest BCUT2D eigenvalue weighted by Crippen LogP contribution is -2.47. The first-order valence-corrected chi connectivity index (χ1v) is 8.94. The molecule has 2 aromatic rings. The standard InChI is InChI=1S/C19H18ClF3N2O3/c20-17-11-15(4-5-16(17)19(21,22)23)28-14-3-1-2-13(10-14)12-24-6-8-25(9-7-24)18(26)27/h1-5,10-11H,6-9,12H2,(H,26,27). The molecule has 1 aliphatic heterocycles. The van der Waals surface area contributed by atoms with Crippen molar-refractivity contribution in [2.75, 3.05) is 26.2 Å². The molecule has 0 unspecified atom stereocenters. The monoisotopic (exact) mass is 414 g/mol. The van der Waals surface area contributed by atoms with Gasteiger partial charge in [-0.25, -0.2) is 4.79 Å². The number of carbonyl (C=O) groups is 1. The fraction of sp³-hybridized carbons (Fsp3) is 0.316. The van der Waals surface area contributed by atoms with Crippen LogP contribution in [0.3, 0.4) is 0 Å². The first-order chi connectivity index (χ1) is 13.2. The average molecular weight is 415 g/mol. The second kappa shape index (κ2) is 8.28. The van der Waals surface area contributed by atoms with Crippen LogP contribution >= 0.6 is 11.6 Å². The van der Waals surface area contributed by atoms with Gasteiger partial charge in [0.05, 0.1) is 10.6 Å². The van der Waals surface area contributed by atoms with Gasteiger partial charge >= 0.3 is 12.3 Å². The summed E-state index contributed by atoms with van der Waals surface area (Å²) in [6, 6.07) is 10.5. The molecule has 0 aromatic heterocycles. The van der Waals surface area contributed by atoms with Gasteiger partial charge in [-0.05, 0) is 29.8 Å². The maximum absolute atomic E-state index is 12.8. The lowest BCUT2D eigenvalue weighted by Gasteiger charge is -2.33. The number of halogens is 4. The first kappa shape index (κ1) is 20.3. The summed E-state index contributed by atoms with van der Waals surface area (Å²) in [5, 5.41) is 8.57. The number of amides is 1. The Hall–Kier alpha value is -2.45. The minimum Gasteiger partial charge on any atom is -0.465 e. The Balaban J connectivity index is 1.64. The first-order valence-electron chi connectivity index (χ1n) is 8.56. The van der Waals surface area contributed by atoms with Gasteiger partial charge in [-0.2, -0.15) is 13.2 Å². The third-order valence-corrected chi connectivity index (χ3v) is 4.74. The van der Waals surface area contributed by atoms with E-state index in [1.54, 1.807) is 18.2 Å². The van der Waals surface area contributed by atoms with Crippen molar-refractivity contribution < 1.29 is 27.8 Å². The van der Waals surface area contributed by atoms with Crippen LogP contribution in [0.5, 0.6) is 11.5 Å². The van der Waals surface area contributed by atoms with Gasteiger partial charge in [0.1, 0.15) is 11.5 Å². The van der Waals surface area contributed by atoms with Gasteiger partial charge in [0.15, 0.2) is 0 Å². The van der Waals surface area contributed by atoms with E-state index in [2.05, 4.69) is 4.90 Å². The number of alkyl halides is 3. The van der Waals surface area contributed by atoms with Crippen molar-refractivity contribution in [3.05, 3.63) is 58.6 Å². The molecule has 150 valence electrons. The fourth-order valence-corrected chi connectivity index (χ4v) is 3.27. The fourth-order valence-electron chi connectivity index (χ4n) is 2.99. The largest absolute Gasteiger partial charge is 0.465 e. The Morgan fingerprint density at radius 2 is 1.75 bits per heavy atom. The molecule has 0 bridgehead atoms. The molecule has 0 aliphatic carbocycles. The molecule has 28 heavy (non-hydrogen) atoms. The average Bonchev–Trinajstić information content (AvgIpc) is 2.61. The van der Waals surface area contributed by atoms with Gasteiger partial charge in [0.25, 0.3) is 0 Å². The van der Waals surface area contributed by atoms with Crippen LogP contribution in [0.15, 0.2) is 42.5 Å². The number of rotatable bonds is 4. The van der Waals surface area contributed by atoms with E-state index < -0.39 is 22.9 Å². The summed E-state index contributed by atoms with van der Waals surface area (Å²) in [6.07, 6.45) is -5.43. The van der Waals surface area contributed by atoms with Crippen LogP contribution in [0.2, 0.25) is 5.02 Å². The molecule has 1 amide bonds. The number of nitrogens with zero attached hydrogens (tertiary/aromatic N) is 2. The second-order valence-corrected chi connectivity index (χ2v) is 6.84. The molecule has 1 fully saturated rings. The highest BCUT2D eigenvalue weighted by atomic mass is 35.5. The summed E-state index contributed by atoms with van der Waals surface area (Å²) in [6.45, 7) is 2.79. The smallest absolute Gasteiger partial charge is 0.417 e. The number of carboxylic acid groups (broad SMARTS) is 1. The second-order valence-electron chi connectivity index (χ2n) is 6.43. The number of hydrogen-bond acceptors (Lipinski definition) is 3. The van der Waals surface area contributed by atoms with Crippen molar-refractivity contribution in [3.8, 4) is 11.5 Å². The van der Waals surface area contributed by atoms with Crippen LogP contribution in [0.25, 0.3) is 0 Å². The van der Waals surface area contributed by atoms with E-state index in [-0.39, 0.29) is 5.75 Å². The number of ether oxygens (including phenoxy) is 1. The van der Waals surface area contributed by atoms with Gasteiger partial charge in [-0.3, -0.25) is 4.90 Å². The minimum atomic E-state index is -4.51. The molecular weight excluding hydrogens is 397 g/mol. The Labute approximate surface area is 164 Å². The summed E-state index contributed by atoms with van der Waals surface area (Å²) in [5.74, 6) is 0.697. The van der Waals surface area contributed by atoms with E-state index in [0.29, 0.717) is 38.5 Å². The summed E-state index contributed by atoms with van der Waals surface area (Å²) in [7, 11) is 0. The number of benzene rings is 2. The number of piperazine rings is 1. The van der Waals surface area contributed by atoms with Crippen LogP contribution < -0.4 is 4.74 Å². The van der Waals surface area contributed by atoms with Crippen molar-refractivity contribution >= 4 is 17.7 Å². The maximum atomic E-state index is 12.8. The zero-order chi connectivity index (χ0) is 20.3. The quantitative estimate of drug-likeness (QED) is 0.769. The molecule has 5 nitrogen and oxygen atoms in total. The molecule has 1 heterocycles. The zero-order valence-electron chi connectivity index (χ0n) is 14.7. The maximum Gasteiger partial charge on any atom is 0.417 e. The van der Waals surface area contributed by atoms with Crippen molar-refractivity contribution in [2.45, 2.75) is 12.7 Å². The van der Waals surface area contributed by atoms with E-state index >= 15 is 0 Å². The van der Waals surface area contributed by atoms with Gasteiger partial charge < -0.3 is 14.7 Å². The number of hydrogen-bond donors (Lipinski definition) is 1. The Bertz CT molecular complexity index is 853. The van der Waals surface area contributed by atoms with Gasteiger partial charge in [-0.1, -0.05) is 23.7 Å².